The van der Waals surface area contributed by atoms with Crippen molar-refractivity contribution in [3.8, 4) is 0 Å². The average Bonchev–Trinajstić information content (AvgIpc) is 2.30. The number of nitrogens with zero attached hydrogens (tertiary/aromatic N) is 3. The van der Waals surface area contributed by atoms with Gasteiger partial charge < -0.3 is 15.7 Å². The number of aromatic nitrogens is 2. The van der Waals surface area contributed by atoms with E-state index in [9.17, 15) is 9.90 Å². The summed E-state index contributed by atoms with van der Waals surface area (Å²) < 4.78 is 0. The monoisotopic (exact) mass is 222 g/mol. The number of carbonyl (C=O) groups excluding carboxylic acids is 1. The first-order valence-electron chi connectivity index (χ1n) is 5.15. The van der Waals surface area contributed by atoms with Crippen LogP contribution in [-0.2, 0) is 4.79 Å². The van der Waals surface area contributed by atoms with Gasteiger partial charge in [0.2, 0.25) is 0 Å². The number of amides is 1. The normalized spacial score (nSPS) is 25.4. The summed E-state index contributed by atoms with van der Waals surface area (Å²) in [4.78, 5) is 21.1. The number of β-amino-alcohol motifs (C(OH)–C–C–N with tert-alkyl or cyclic N) is 1. The van der Waals surface area contributed by atoms with E-state index >= 15 is 0 Å². The lowest BCUT2D eigenvalue weighted by Crippen LogP contribution is -2.56. The first-order valence-corrected chi connectivity index (χ1v) is 5.15. The number of aliphatic hydroxyl groups is 1. The molecule has 1 fully saturated rings. The van der Waals surface area contributed by atoms with Crippen LogP contribution in [-0.4, -0.2) is 39.7 Å². The topological polar surface area (TPSA) is 92.3 Å². The maximum absolute atomic E-state index is 11.2. The number of hydrogen-bond donors (Lipinski definition) is 2. The van der Waals surface area contributed by atoms with E-state index in [2.05, 4.69) is 9.97 Å². The van der Waals surface area contributed by atoms with Gasteiger partial charge in [0, 0.05) is 18.9 Å². The highest BCUT2D eigenvalue weighted by atomic mass is 16.3. The molecule has 1 atom stereocenters. The molecule has 1 unspecified atom stereocenters. The zero-order valence-electron chi connectivity index (χ0n) is 8.83. The molecule has 1 saturated heterocycles. The van der Waals surface area contributed by atoms with Crippen LogP contribution in [0.1, 0.15) is 12.8 Å². The lowest BCUT2D eigenvalue weighted by Gasteiger charge is -2.37. The van der Waals surface area contributed by atoms with Crippen molar-refractivity contribution < 1.29 is 9.90 Å². The number of nitrogens with two attached hydrogens (primary N) is 1. The van der Waals surface area contributed by atoms with Crippen molar-refractivity contribution in [1.29, 1.82) is 0 Å². The molecule has 6 nitrogen and oxygen atoms in total. The highest BCUT2D eigenvalue weighted by Crippen LogP contribution is 2.23. The van der Waals surface area contributed by atoms with E-state index in [1.165, 1.54) is 0 Å². The van der Waals surface area contributed by atoms with Gasteiger partial charge in [-0.2, -0.15) is 0 Å². The lowest BCUT2D eigenvalue weighted by molar-refractivity contribution is -0.137. The molecular formula is C10H14N4O2. The Hall–Kier alpha value is -1.69. The van der Waals surface area contributed by atoms with Gasteiger partial charge in [-0.05, 0) is 12.8 Å². The molecule has 2 heterocycles. The van der Waals surface area contributed by atoms with Crippen molar-refractivity contribution in [1.82, 2.24) is 9.97 Å². The average molecular weight is 222 g/mol. The van der Waals surface area contributed by atoms with Crippen LogP contribution >= 0.6 is 0 Å². The Bertz CT molecular complexity index is 384. The minimum atomic E-state index is -1.45. The minimum absolute atomic E-state index is 0.182. The number of rotatable bonds is 2. The number of piperidine rings is 1. The van der Waals surface area contributed by atoms with Gasteiger partial charge in [0.05, 0.1) is 12.7 Å². The zero-order chi connectivity index (χ0) is 11.6. The van der Waals surface area contributed by atoms with Gasteiger partial charge in [-0.15, -0.1) is 0 Å². The largest absolute Gasteiger partial charge is 0.378 e. The Labute approximate surface area is 93.1 Å². The molecule has 1 amide bonds. The third-order valence-electron chi connectivity index (χ3n) is 2.80. The predicted octanol–water partition coefficient (Wildman–Crippen LogP) is -0.707. The van der Waals surface area contributed by atoms with Gasteiger partial charge in [0.25, 0.3) is 5.91 Å². The Balaban J connectivity index is 2.17. The van der Waals surface area contributed by atoms with Crippen molar-refractivity contribution in [2.45, 2.75) is 18.4 Å². The van der Waals surface area contributed by atoms with Gasteiger partial charge in [0.15, 0.2) is 5.60 Å². The van der Waals surface area contributed by atoms with Crippen LogP contribution in [0.4, 0.5) is 5.82 Å². The van der Waals surface area contributed by atoms with Crippen molar-refractivity contribution in [3.05, 3.63) is 18.6 Å². The molecule has 3 N–H and O–H groups in total. The molecule has 16 heavy (non-hydrogen) atoms. The second-order valence-electron chi connectivity index (χ2n) is 3.98. The van der Waals surface area contributed by atoms with Gasteiger partial charge in [-0.1, -0.05) is 0 Å². The maximum atomic E-state index is 11.2. The van der Waals surface area contributed by atoms with E-state index in [4.69, 9.17) is 5.73 Å². The van der Waals surface area contributed by atoms with E-state index in [1.54, 1.807) is 18.6 Å². The Kier molecular flexibility index (Phi) is 2.74. The Morgan fingerprint density at radius 2 is 2.38 bits per heavy atom. The molecule has 0 aromatic carbocycles. The minimum Gasteiger partial charge on any atom is -0.378 e. The lowest BCUT2D eigenvalue weighted by atomic mass is 9.92. The second-order valence-corrected chi connectivity index (χ2v) is 3.98. The van der Waals surface area contributed by atoms with E-state index in [0.717, 1.165) is 6.54 Å². The molecule has 86 valence electrons. The second kappa shape index (κ2) is 4.05. The fourth-order valence-electron chi connectivity index (χ4n) is 1.89. The highest BCUT2D eigenvalue weighted by molar-refractivity contribution is 5.84. The molecule has 6 heteroatoms. The number of anilines is 1. The molecule has 1 aromatic rings. The molecule has 1 aliphatic heterocycles. The molecule has 1 aromatic heterocycles. The molecule has 1 aliphatic rings. The van der Waals surface area contributed by atoms with Crippen molar-refractivity contribution in [3.63, 3.8) is 0 Å². The zero-order valence-corrected chi connectivity index (χ0v) is 8.83. The standard InChI is InChI=1S/C10H14N4O2/c11-9(15)10(16)2-1-5-14(7-10)8-6-12-3-4-13-8/h3-4,6,16H,1-2,5,7H2,(H2,11,15). The van der Waals surface area contributed by atoms with Crippen molar-refractivity contribution in [2.24, 2.45) is 5.73 Å². The molecule has 0 radical (unpaired) electrons. The first-order chi connectivity index (χ1) is 7.62. The van der Waals surface area contributed by atoms with Crippen LogP contribution < -0.4 is 10.6 Å². The van der Waals surface area contributed by atoms with Gasteiger partial charge in [0.1, 0.15) is 5.82 Å². The van der Waals surface area contributed by atoms with E-state index in [0.29, 0.717) is 18.7 Å². The number of hydrogen-bond acceptors (Lipinski definition) is 5. The van der Waals surface area contributed by atoms with E-state index < -0.39 is 11.5 Å². The smallest absolute Gasteiger partial charge is 0.251 e. The van der Waals surface area contributed by atoms with Crippen LogP contribution in [0.5, 0.6) is 0 Å². The van der Waals surface area contributed by atoms with Crippen LogP contribution in [0, 0.1) is 0 Å². The van der Waals surface area contributed by atoms with Gasteiger partial charge in [-0.3, -0.25) is 9.78 Å². The van der Waals surface area contributed by atoms with E-state index in [1.807, 2.05) is 4.90 Å². The van der Waals surface area contributed by atoms with Crippen LogP contribution in [0.25, 0.3) is 0 Å². The highest BCUT2D eigenvalue weighted by Gasteiger charge is 2.39. The quantitative estimate of drug-likeness (QED) is 0.689. The van der Waals surface area contributed by atoms with E-state index in [-0.39, 0.29) is 6.54 Å². The third kappa shape index (κ3) is 1.96. The summed E-state index contributed by atoms with van der Waals surface area (Å²) in [6, 6.07) is 0. The maximum Gasteiger partial charge on any atom is 0.251 e. The number of primary amides is 1. The fraction of sp³-hybridized carbons (Fsp3) is 0.500. The predicted molar refractivity (Wildman–Crippen MR) is 57.6 cm³/mol. The van der Waals surface area contributed by atoms with Crippen LogP contribution in [0.15, 0.2) is 18.6 Å². The van der Waals surface area contributed by atoms with Gasteiger partial charge >= 0.3 is 0 Å². The molecule has 2 rings (SSSR count). The van der Waals surface area contributed by atoms with Crippen molar-refractivity contribution in [2.75, 3.05) is 18.0 Å². The third-order valence-corrected chi connectivity index (χ3v) is 2.80. The summed E-state index contributed by atoms with van der Waals surface area (Å²) in [6.45, 7) is 0.926. The molecule has 0 spiro atoms. The molecular weight excluding hydrogens is 208 g/mol. The van der Waals surface area contributed by atoms with Crippen LogP contribution in [0.2, 0.25) is 0 Å². The van der Waals surface area contributed by atoms with Crippen LogP contribution in [0.3, 0.4) is 0 Å². The Morgan fingerprint density at radius 3 is 3.00 bits per heavy atom. The molecule has 0 bridgehead atoms. The molecule has 0 aliphatic carbocycles. The fourth-order valence-corrected chi connectivity index (χ4v) is 1.89. The summed E-state index contributed by atoms with van der Waals surface area (Å²) in [5, 5.41) is 10.0. The Morgan fingerprint density at radius 1 is 1.56 bits per heavy atom. The summed E-state index contributed by atoms with van der Waals surface area (Å²) in [6.07, 6.45) is 5.86. The summed E-state index contributed by atoms with van der Waals surface area (Å²) in [5.41, 5.74) is 3.74. The number of carbonyl (C=O) groups is 1. The van der Waals surface area contributed by atoms with Crippen molar-refractivity contribution >= 4 is 11.7 Å². The SMILES string of the molecule is NC(=O)C1(O)CCCN(c2cnccn2)C1. The first kappa shape index (κ1) is 10.8. The molecule has 0 saturated carbocycles. The summed E-state index contributed by atoms with van der Waals surface area (Å²) in [7, 11) is 0. The summed E-state index contributed by atoms with van der Waals surface area (Å²) in [5.74, 6) is -0.0250. The summed E-state index contributed by atoms with van der Waals surface area (Å²) >= 11 is 0. The van der Waals surface area contributed by atoms with Gasteiger partial charge in [-0.25, -0.2) is 4.98 Å².